The van der Waals surface area contributed by atoms with Crippen LogP contribution in [-0.2, 0) is 0 Å². The quantitative estimate of drug-likeness (QED) is 0.703. The molecule has 0 aliphatic carbocycles. The van der Waals surface area contributed by atoms with Crippen LogP contribution in [0.5, 0.6) is 5.75 Å². The molecule has 0 saturated carbocycles. The van der Waals surface area contributed by atoms with Gasteiger partial charge in [0.15, 0.2) is 0 Å². The van der Waals surface area contributed by atoms with Crippen molar-refractivity contribution in [3.8, 4) is 5.75 Å². The van der Waals surface area contributed by atoms with Crippen LogP contribution >= 0.6 is 0 Å². The molecule has 0 heterocycles. The van der Waals surface area contributed by atoms with Crippen LogP contribution in [-0.4, -0.2) is 18.3 Å². The highest BCUT2D eigenvalue weighted by Crippen LogP contribution is 2.18. The van der Waals surface area contributed by atoms with Crippen LogP contribution < -0.4 is 10.5 Å². The fourth-order valence-corrected chi connectivity index (χ4v) is 1.28. The highest BCUT2D eigenvalue weighted by Gasteiger charge is 2.05. The highest BCUT2D eigenvalue weighted by atomic mass is 16.5. The van der Waals surface area contributed by atoms with Gasteiger partial charge in [0.05, 0.1) is 12.7 Å². The number of hydrogen-bond donors (Lipinski definition) is 2. The van der Waals surface area contributed by atoms with Crippen molar-refractivity contribution in [3.63, 3.8) is 0 Å². The van der Waals surface area contributed by atoms with Crippen LogP contribution in [0.4, 0.5) is 0 Å². The molecule has 1 unspecified atom stereocenters. The molecule has 0 fully saturated rings. The van der Waals surface area contributed by atoms with Gasteiger partial charge in [-0.1, -0.05) is 25.5 Å². The first-order valence-electron chi connectivity index (χ1n) is 5.38. The third-order valence-corrected chi connectivity index (χ3v) is 2.23. The topological polar surface area (TPSA) is 55.5 Å². The molecule has 1 atom stereocenters. The zero-order valence-electron chi connectivity index (χ0n) is 9.15. The summed E-state index contributed by atoms with van der Waals surface area (Å²) in [6.45, 7) is 3.08. The number of aliphatic hydroxyl groups is 1. The largest absolute Gasteiger partial charge is 0.494 e. The van der Waals surface area contributed by atoms with Gasteiger partial charge in [0.2, 0.25) is 0 Å². The monoisotopic (exact) mass is 209 g/mol. The van der Waals surface area contributed by atoms with Gasteiger partial charge in [-0.05, 0) is 24.1 Å². The summed E-state index contributed by atoms with van der Waals surface area (Å²) in [6, 6.07) is 7.45. The number of benzene rings is 1. The molecule has 0 amide bonds. The minimum absolute atomic E-state index is 0.235. The first-order chi connectivity index (χ1) is 7.27. The number of ether oxygens (including phenoxy) is 1. The molecule has 1 aromatic carbocycles. The smallest absolute Gasteiger partial charge is 0.119 e. The van der Waals surface area contributed by atoms with Gasteiger partial charge in [-0.2, -0.15) is 0 Å². The molecule has 3 heteroatoms. The normalized spacial score (nSPS) is 12.5. The second kappa shape index (κ2) is 6.43. The standard InChI is InChI=1S/C12H19NO2/c1-2-3-7-15-11-6-4-5-10(8-11)12(14)9-13/h4-6,8,12,14H,2-3,7,9,13H2,1H3. The van der Waals surface area contributed by atoms with E-state index in [0.717, 1.165) is 30.8 Å². The fourth-order valence-electron chi connectivity index (χ4n) is 1.28. The Labute approximate surface area is 90.9 Å². The van der Waals surface area contributed by atoms with Crippen LogP contribution in [0.3, 0.4) is 0 Å². The first kappa shape index (κ1) is 12.0. The van der Waals surface area contributed by atoms with Gasteiger partial charge in [0, 0.05) is 6.54 Å². The van der Waals surface area contributed by atoms with Crippen molar-refractivity contribution in [2.75, 3.05) is 13.2 Å². The lowest BCUT2D eigenvalue weighted by atomic mass is 10.1. The summed E-state index contributed by atoms with van der Waals surface area (Å²) in [5.74, 6) is 0.799. The summed E-state index contributed by atoms with van der Waals surface area (Å²) in [5.41, 5.74) is 6.20. The molecular formula is C12H19NO2. The van der Waals surface area contributed by atoms with Crippen LogP contribution in [0.1, 0.15) is 31.4 Å². The van der Waals surface area contributed by atoms with E-state index in [0.29, 0.717) is 0 Å². The van der Waals surface area contributed by atoms with Crippen molar-refractivity contribution in [3.05, 3.63) is 29.8 Å². The zero-order valence-corrected chi connectivity index (χ0v) is 9.15. The van der Waals surface area contributed by atoms with Crippen molar-refractivity contribution in [1.29, 1.82) is 0 Å². The Kier molecular flexibility index (Phi) is 5.15. The molecule has 0 aliphatic rings. The van der Waals surface area contributed by atoms with E-state index < -0.39 is 6.10 Å². The van der Waals surface area contributed by atoms with Crippen LogP contribution in [0.25, 0.3) is 0 Å². The van der Waals surface area contributed by atoms with Crippen LogP contribution in [0, 0.1) is 0 Å². The molecule has 15 heavy (non-hydrogen) atoms. The third-order valence-electron chi connectivity index (χ3n) is 2.23. The van der Waals surface area contributed by atoms with Crippen LogP contribution in [0.2, 0.25) is 0 Å². The molecule has 0 aliphatic heterocycles. The number of rotatable bonds is 6. The Morgan fingerprint density at radius 2 is 2.27 bits per heavy atom. The van der Waals surface area contributed by atoms with Crippen molar-refractivity contribution in [2.45, 2.75) is 25.9 Å². The van der Waals surface area contributed by atoms with Gasteiger partial charge in [-0.15, -0.1) is 0 Å². The molecule has 3 nitrogen and oxygen atoms in total. The number of aliphatic hydroxyl groups excluding tert-OH is 1. The second-order valence-electron chi connectivity index (χ2n) is 3.53. The van der Waals surface area contributed by atoms with Gasteiger partial charge in [-0.3, -0.25) is 0 Å². The van der Waals surface area contributed by atoms with E-state index in [4.69, 9.17) is 10.5 Å². The van der Waals surface area contributed by atoms with E-state index in [9.17, 15) is 5.11 Å². The molecular weight excluding hydrogens is 190 g/mol. The first-order valence-corrected chi connectivity index (χ1v) is 5.38. The van der Waals surface area contributed by atoms with Crippen molar-refractivity contribution in [2.24, 2.45) is 5.73 Å². The van der Waals surface area contributed by atoms with Crippen LogP contribution in [0.15, 0.2) is 24.3 Å². The summed E-state index contributed by atoms with van der Waals surface area (Å²) in [6.07, 6.45) is 1.56. The molecule has 1 rings (SSSR count). The van der Waals surface area contributed by atoms with Crippen molar-refractivity contribution >= 4 is 0 Å². The number of nitrogens with two attached hydrogens (primary N) is 1. The Bertz CT molecular complexity index is 289. The maximum atomic E-state index is 9.54. The minimum Gasteiger partial charge on any atom is -0.494 e. The van der Waals surface area contributed by atoms with Gasteiger partial charge < -0.3 is 15.6 Å². The second-order valence-corrected chi connectivity index (χ2v) is 3.53. The molecule has 0 spiro atoms. The van der Waals surface area contributed by atoms with Gasteiger partial charge in [0.1, 0.15) is 5.75 Å². The Balaban J connectivity index is 2.57. The fraction of sp³-hybridized carbons (Fsp3) is 0.500. The number of hydrogen-bond acceptors (Lipinski definition) is 3. The van der Waals surface area contributed by atoms with Gasteiger partial charge in [0.25, 0.3) is 0 Å². The lowest BCUT2D eigenvalue weighted by Crippen LogP contribution is -2.11. The van der Waals surface area contributed by atoms with E-state index in [-0.39, 0.29) is 6.54 Å². The average Bonchev–Trinajstić information content (AvgIpc) is 2.29. The van der Waals surface area contributed by atoms with E-state index >= 15 is 0 Å². The van der Waals surface area contributed by atoms with E-state index in [1.807, 2.05) is 24.3 Å². The predicted octanol–water partition coefficient (Wildman–Crippen LogP) is 1.86. The Morgan fingerprint density at radius 1 is 1.47 bits per heavy atom. The lowest BCUT2D eigenvalue weighted by molar-refractivity contribution is 0.186. The summed E-state index contributed by atoms with van der Waals surface area (Å²) in [4.78, 5) is 0. The zero-order chi connectivity index (χ0) is 11.1. The average molecular weight is 209 g/mol. The highest BCUT2D eigenvalue weighted by molar-refractivity contribution is 5.29. The van der Waals surface area contributed by atoms with Crippen molar-refractivity contribution < 1.29 is 9.84 Å². The SMILES string of the molecule is CCCCOc1cccc(C(O)CN)c1. The molecule has 1 aromatic rings. The maximum Gasteiger partial charge on any atom is 0.119 e. The van der Waals surface area contributed by atoms with Gasteiger partial charge in [-0.25, -0.2) is 0 Å². The van der Waals surface area contributed by atoms with E-state index in [1.165, 1.54) is 0 Å². The van der Waals surface area contributed by atoms with E-state index in [1.54, 1.807) is 0 Å². The van der Waals surface area contributed by atoms with Crippen molar-refractivity contribution in [1.82, 2.24) is 0 Å². The lowest BCUT2D eigenvalue weighted by Gasteiger charge is -2.10. The minimum atomic E-state index is -0.597. The maximum absolute atomic E-state index is 9.54. The van der Waals surface area contributed by atoms with E-state index in [2.05, 4.69) is 6.92 Å². The Morgan fingerprint density at radius 3 is 2.93 bits per heavy atom. The third kappa shape index (κ3) is 3.90. The molecule has 0 saturated heterocycles. The molecule has 0 bridgehead atoms. The summed E-state index contributed by atoms with van der Waals surface area (Å²) < 4.78 is 5.53. The summed E-state index contributed by atoms with van der Waals surface area (Å²) in [7, 11) is 0. The molecule has 3 N–H and O–H groups in total. The molecule has 0 aromatic heterocycles. The molecule has 0 radical (unpaired) electrons. The Hall–Kier alpha value is -1.06. The molecule has 84 valence electrons. The summed E-state index contributed by atoms with van der Waals surface area (Å²) >= 11 is 0. The van der Waals surface area contributed by atoms with Gasteiger partial charge >= 0.3 is 0 Å². The number of unbranched alkanes of at least 4 members (excludes halogenated alkanes) is 1. The summed E-state index contributed by atoms with van der Waals surface area (Å²) in [5, 5.41) is 9.54. The predicted molar refractivity (Wildman–Crippen MR) is 60.9 cm³/mol.